The Hall–Kier alpha value is -1.44. The van der Waals surface area contributed by atoms with Crippen molar-refractivity contribution in [1.82, 2.24) is 15.1 Å². The largest absolute Gasteiger partial charge is 0.454 e. The predicted molar refractivity (Wildman–Crippen MR) is 87.0 cm³/mol. The van der Waals surface area contributed by atoms with E-state index in [0.29, 0.717) is 16.9 Å². The van der Waals surface area contributed by atoms with Crippen LogP contribution in [-0.4, -0.2) is 48.3 Å². The van der Waals surface area contributed by atoms with E-state index in [0.717, 1.165) is 30.0 Å². The second-order valence-electron chi connectivity index (χ2n) is 4.95. The number of fused-ring (bicyclic) bond motifs is 1. The first-order chi connectivity index (χ1) is 10.2. The van der Waals surface area contributed by atoms with Crippen molar-refractivity contribution in [3.8, 4) is 23.0 Å². The molecule has 2 heterocycles. The average Bonchev–Trinajstić information content (AvgIpc) is 3.11. The number of hydrogen-bond acceptors (Lipinski definition) is 7. The van der Waals surface area contributed by atoms with Crippen LogP contribution in [-0.2, 0) is 0 Å². The van der Waals surface area contributed by atoms with Crippen molar-refractivity contribution in [2.75, 3.05) is 33.2 Å². The summed E-state index contributed by atoms with van der Waals surface area (Å²) in [4.78, 5) is 2.16. The van der Waals surface area contributed by atoms with E-state index in [-0.39, 0.29) is 19.2 Å². The van der Waals surface area contributed by atoms with Gasteiger partial charge in [-0.05, 0) is 45.3 Å². The zero-order valence-electron chi connectivity index (χ0n) is 12.4. The summed E-state index contributed by atoms with van der Waals surface area (Å²) >= 11 is 1.58. The molecule has 0 saturated carbocycles. The van der Waals surface area contributed by atoms with Crippen molar-refractivity contribution in [2.24, 2.45) is 0 Å². The Bertz CT molecular complexity index is 621. The third-order valence-electron chi connectivity index (χ3n) is 3.00. The summed E-state index contributed by atoms with van der Waals surface area (Å²) in [6, 6.07) is 5.60. The molecule has 0 unspecified atom stereocenters. The van der Waals surface area contributed by atoms with Crippen LogP contribution in [0.2, 0.25) is 0 Å². The molecule has 0 fully saturated rings. The molecular weight excluding hydrogens is 326 g/mol. The number of aromatic nitrogens is 2. The molecule has 22 heavy (non-hydrogen) atoms. The maximum Gasteiger partial charge on any atom is 0.276 e. The van der Waals surface area contributed by atoms with E-state index in [1.807, 2.05) is 18.2 Å². The number of ether oxygens (including phenoxy) is 2. The van der Waals surface area contributed by atoms with Crippen LogP contribution < -0.4 is 9.47 Å². The molecule has 0 saturated heterocycles. The number of halogens is 1. The van der Waals surface area contributed by atoms with Gasteiger partial charge in [-0.15, -0.1) is 22.6 Å². The quantitative estimate of drug-likeness (QED) is 0.590. The van der Waals surface area contributed by atoms with E-state index in [1.165, 1.54) is 0 Å². The maximum atomic E-state index is 5.67. The number of nitrogens with zero attached hydrogens (tertiary/aromatic N) is 3. The second kappa shape index (κ2) is 7.71. The van der Waals surface area contributed by atoms with Crippen LogP contribution in [0.25, 0.3) is 11.5 Å². The van der Waals surface area contributed by atoms with Crippen molar-refractivity contribution in [1.29, 1.82) is 0 Å². The smallest absolute Gasteiger partial charge is 0.276 e. The van der Waals surface area contributed by atoms with Gasteiger partial charge in [0, 0.05) is 11.3 Å². The van der Waals surface area contributed by atoms with Crippen LogP contribution in [0.15, 0.2) is 27.8 Å². The molecule has 0 bridgehead atoms. The van der Waals surface area contributed by atoms with Gasteiger partial charge in [0.1, 0.15) is 0 Å². The van der Waals surface area contributed by atoms with Gasteiger partial charge in [0.15, 0.2) is 11.5 Å². The summed E-state index contributed by atoms with van der Waals surface area (Å²) in [5, 5.41) is 8.74. The van der Waals surface area contributed by atoms with E-state index >= 15 is 0 Å². The fourth-order valence-electron chi connectivity index (χ4n) is 1.95. The average molecular weight is 344 g/mol. The highest BCUT2D eigenvalue weighted by Gasteiger charge is 2.16. The molecular formula is C14H18ClN3O3S. The highest BCUT2D eigenvalue weighted by molar-refractivity contribution is 7.99. The standard InChI is InChI=1S/C14H17N3O3S.ClH/c1-17(2)6-3-7-21-14-16-15-13(20-14)10-4-5-11-12(8-10)19-9-18-11;/h4-5,8H,3,6-7,9H2,1-2H3;1H. The van der Waals surface area contributed by atoms with Crippen LogP contribution in [0, 0.1) is 0 Å². The first kappa shape index (κ1) is 16.9. The van der Waals surface area contributed by atoms with Gasteiger partial charge in [-0.3, -0.25) is 0 Å². The molecule has 3 rings (SSSR count). The molecule has 1 aliphatic heterocycles. The fourth-order valence-corrected chi connectivity index (χ4v) is 2.64. The van der Waals surface area contributed by atoms with Gasteiger partial charge in [-0.2, -0.15) is 0 Å². The van der Waals surface area contributed by atoms with Crippen molar-refractivity contribution < 1.29 is 13.9 Å². The molecule has 1 aromatic heterocycles. The first-order valence-corrected chi connectivity index (χ1v) is 7.72. The van der Waals surface area contributed by atoms with Crippen LogP contribution in [0.4, 0.5) is 0 Å². The van der Waals surface area contributed by atoms with Crippen LogP contribution in [0.5, 0.6) is 11.5 Å². The van der Waals surface area contributed by atoms with Gasteiger partial charge >= 0.3 is 0 Å². The van der Waals surface area contributed by atoms with E-state index < -0.39 is 0 Å². The zero-order valence-corrected chi connectivity index (χ0v) is 14.1. The van der Waals surface area contributed by atoms with Gasteiger partial charge in [0.05, 0.1) is 0 Å². The van der Waals surface area contributed by atoms with Gasteiger partial charge in [0.25, 0.3) is 5.22 Å². The summed E-state index contributed by atoms with van der Waals surface area (Å²) in [6.07, 6.45) is 1.08. The Morgan fingerprint density at radius 1 is 1.18 bits per heavy atom. The molecule has 6 nitrogen and oxygen atoms in total. The van der Waals surface area contributed by atoms with Crippen LogP contribution >= 0.6 is 24.2 Å². The maximum absolute atomic E-state index is 5.67. The lowest BCUT2D eigenvalue weighted by molar-refractivity contribution is 0.174. The summed E-state index contributed by atoms with van der Waals surface area (Å²) in [5.41, 5.74) is 0.840. The van der Waals surface area contributed by atoms with Crippen molar-refractivity contribution in [3.63, 3.8) is 0 Å². The van der Waals surface area contributed by atoms with Crippen molar-refractivity contribution in [2.45, 2.75) is 11.6 Å². The van der Waals surface area contributed by atoms with Gasteiger partial charge in [-0.25, -0.2) is 0 Å². The van der Waals surface area contributed by atoms with E-state index in [9.17, 15) is 0 Å². The number of rotatable bonds is 6. The molecule has 120 valence electrons. The Morgan fingerprint density at radius 2 is 2.00 bits per heavy atom. The lowest BCUT2D eigenvalue weighted by Gasteiger charge is -2.07. The summed E-state index contributed by atoms with van der Waals surface area (Å²) in [7, 11) is 4.13. The number of hydrogen-bond donors (Lipinski definition) is 0. The molecule has 0 aliphatic carbocycles. The molecule has 8 heteroatoms. The molecule has 2 aromatic rings. The minimum absolute atomic E-state index is 0. The number of thioether (sulfide) groups is 1. The minimum Gasteiger partial charge on any atom is -0.454 e. The van der Waals surface area contributed by atoms with Crippen LogP contribution in [0.3, 0.4) is 0 Å². The second-order valence-corrected chi connectivity index (χ2v) is 5.99. The highest BCUT2D eigenvalue weighted by Crippen LogP contribution is 2.35. The lowest BCUT2D eigenvalue weighted by Crippen LogP contribution is -2.13. The Labute approximate surface area is 139 Å². The normalized spacial score (nSPS) is 12.5. The Morgan fingerprint density at radius 3 is 2.82 bits per heavy atom. The molecule has 0 N–H and O–H groups in total. The van der Waals surface area contributed by atoms with Crippen molar-refractivity contribution >= 4 is 24.2 Å². The predicted octanol–water partition coefficient (Wildman–Crippen LogP) is 2.93. The Balaban J connectivity index is 0.00000176. The topological polar surface area (TPSA) is 60.6 Å². The van der Waals surface area contributed by atoms with Crippen LogP contribution in [0.1, 0.15) is 6.42 Å². The molecule has 1 aromatic carbocycles. The number of benzene rings is 1. The third kappa shape index (κ3) is 4.06. The van der Waals surface area contributed by atoms with E-state index in [4.69, 9.17) is 13.9 Å². The van der Waals surface area contributed by atoms with Crippen molar-refractivity contribution in [3.05, 3.63) is 18.2 Å². The molecule has 0 amide bonds. The minimum atomic E-state index is 0. The lowest BCUT2D eigenvalue weighted by atomic mass is 10.2. The molecule has 0 atom stereocenters. The first-order valence-electron chi connectivity index (χ1n) is 6.73. The van der Waals surface area contributed by atoms with Gasteiger partial charge < -0.3 is 18.8 Å². The summed E-state index contributed by atoms with van der Waals surface area (Å²) < 4.78 is 16.3. The Kier molecular flexibility index (Phi) is 5.93. The summed E-state index contributed by atoms with van der Waals surface area (Å²) in [5.74, 6) is 2.92. The fraction of sp³-hybridized carbons (Fsp3) is 0.429. The zero-order chi connectivity index (χ0) is 14.7. The molecule has 0 spiro atoms. The van der Waals surface area contributed by atoms with E-state index in [1.54, 1.807) is 11.8 Å². The molecule has 1 aliphatic rings. The third-order valence-corrected chi connectivity index (χ3v) is 3.91. The monoisotopic (exact) mass is 343 g/mol. The van der Waals surface area contributed by atoms with Gasteiger partial charge in [-0.1, -0.05) is 11.8 Å². The molecule has 0 radical (unpaired) electrons. The SMILES string of the molecule is CN(C)CCCSc1nnc(-c2ccc3c(c2)OCO3)o1.Cl. The van der Waals surface area contributed by atoms with E-state index in [2.05, 4.69) is 29.2 Å². The van der Waals surface area contributed by atoms with Gasteiger partial charge in [0.2, 0.25) is 12.7 Å². The highest BCUT2D eigenvalue weighted by atomic mass is 35.5. The summed E-state index contributed by atoms with van der Waals surface area (Å²) in [6.45, 7) is 1.31.